The molecule has 0 aliphatic carbocycles. The van der Waals surface area contributed by atoms with Crippen LogP contribution in [0.4, 0.5) is 0 Å². The van der Waals surface area contributed by atoms with Crippen molar-refractivity contribution < 1.29 is 12.4 Å². The van der Waals surface area contributed by atoms with Crippen LogP contribution in [0.2, 0.25) is 23.3 Å². The zero-order valence-corrected chi connectivity index (χ0v) is 9.45. The van der Waals surface area contributed by atoms with Crippen molar-refractivity contribution in [2.45, 2.75) is 23.3 Å². The van der Waals surface area contributed by atoms with E-state index in [2.05, 4.69) is 47.5 Å². The van der Waals surface area contributed by atoms with Gasteiger partial charge >= 0.3 is 65.7 Å². The summed E-state index contributed by atoms with van der Waals surface area (Å²) in [6, 6.07) is 1.27. The van der Waals surface area contributed by atoms with E-state index in [9.17, 15) is 0 Å². The maximum atomic E-state index is 3.73. The molecule has 0 N–H and O–H groups in total. The molecule has 0 aromatic rings. The molecule has 0 nitrogen and oxygen atoms in total. The van der Waals surface area contributed by atoms with Crippen LogP contribution in [-0.2, 0) is 0 Å². The van der Waals surface area contributed by atoms with Crippen LogP contribution in [0.1, 0.15) is 0 Å². The first-order chi connectivity index (χ1) is 3.62. The molecule has 0 fully saturated rings. The Kier molecular flexibility index (Phi) is 8.12. The molecule has 0 radical (unpaired) electrons. The molecule has 9 heavy (non-hydrogen) atoms. The third-order valence-electron chi connectivity index (χ3n) is 1.37. The van der Waals surface area contributed by atoms with Gasteiger partial charge in [0.1, 0.15) is 0 Å². The van der Waals surface area contributed by atoms with Gasteiger partial charge in [-0.05, 0) is 0 Å². The van der Waals surface area contributed by atoms with Crippen LogP contribution in [0.15, 0.2) is 12.7 Å². The summed E-state index contributed by atoms with van der Waals surface area (Å²) in [5.74, 6) is 0. The van der Waals surface area contributed by atoms with Crippen LogP contribution in [0, 0.1) is 0 Å². The third kappa shape index (κ3) is 6.90. The van der Waals surface area contributed by atoms with E-state index in [0.29, 0.717) is 0 Å². The van der Waals surface area contributed by atoms with Crippen LogP contribution in [0.25, 0.3) is 0 Å². The molecule has 0 unspecified atom stereocenters. The van der Waals surface area contributed by atoms with E-state index in [1.54, 1.807) is 0 Å². The van der Waals surface area contributed by atoms with Gasteiger partial charge in [0.05, 0.1) is 0 Å². The molecule has 0 rings (SSSR count). The Bertz CT molecular complexity index is 83.1. The molecule has 0 saturated carbocycles. The van der Waals surface area contributed by atoms with Gasteiger partial charge in [0, 0.05) is 0 Å². The molecule has 0 atom stereocenters. The van der Waals surface area contributed by atoms with Crippen molar-refractivity contribution >= 4 is 29.8 Å². The van der Waals surface area contributed by atoms with Gasteiger partial charge in [-0.15, -0.1) is 0 Å². The van der Waals surface area contributed by atoms with Crippen molar-refractivity contribution in [1.29, 1.82) is 0 Å². The SMILES string of the molecule is C=CC[Si](C)(C)[CH2][Mg+].[Cl-]. The molecule has 0 aliphatic rings. The Morgan fingerprint density at radius 1 is 1.56 bits per heavy atom. The van der Waals surface area contributed by atoms with E-state index in [4.69, 9.17) is 0 Å². The second-order valence-corrected chi connectivity index (χ2v) is 9.64. The summed E-state index contributed by atoms with van der Waals surface area (Å²) >= 11 is 2.09. The molecule has 0 spiro atoms. The average Bonchev–Trinajstić information content (AvgIpc) is 1.67. The standard InChI is InChI=1S/C6H13Si.ClH.Mg/c1-5-6-7(2,3)4;;/h5H,1-2,6H2,3-4H3;1H;/q;;+1/p-1. The molecule has 0 saturated heterocycles. The Labute approximate surface area is 78.0 Å². The van der Waals surface area contributed by atoms with E-state index in [-0.39, 0.29) is 12.4 Å². The molecular formula is C6H13ClMgSi. The van der Waals surface area contributed by atoms with Crippen LogP contribution >= 0.6 is 0 Å². The number of allylic oxidation sites excluding steroid dienone is 1. The van der Waals surface area contributed by atoms with Gasteiger partial charge < -0.3 is 12.4 Å². The van der Waals surface area contributed by atoms with Gasteiger partial charge in [-0.3, -0.25) is 0 Å². The summed E-state index contributed by atoms with van der Waals surface area (Å²) in [6.45, 7) is 8.54. The molecule has 0 aromatic heterocycles. The van der Waals surface area contributed by atoms with Crippen molar-refractivity contribution in [3.8, 4) is 0 Å². The van der Waals surface area contributed by atoms with E-state index >= 15 is 0 Å². The maximum Gasteiger partial charge on any atom is -1.00 e. The number of halogens is 1. The summed E-state index contributed by atoms with van der Waals surface area (Å²) in [4.78, 5) is 0. The van der Waals surface area contributed by atoms with Gasteiger partial charge in [0.25, 0.3) is 0 Å². The minimum atomic E-state index is -0.783. The predicted octanol–water partition coefficient (Wildman–Crippen LogP) is -0.989. The number of rotatable bonds is 3. The van der Waals surface area contributed by atoms with Crippen molar-refractivity contribution in [3.05, 3.63) is 12.7 Å². The van der Waals surface area contributed by atoms with Crippen LogP contribution in [0.5, 0.6) is 0 Å². The minimum Gasteiger partial charge on any atom is -1.00 e. The zero-order valence-electron chi connectivity index (χ0n) is 6.28. The number of hydrogen-bond acceptors (Lipinski definition) is 0. The topological polar surface area (TPSA) is 0 Å². The largest absolute Gasteiger partial charge is 1.00 e. The average molecular weight is 173 g/mol. The van der Waals surface area contributed by atoms with Crippen LogP contribution in [-0.4, -0.2) is 29.8 Å². The first-order valence-corrected chi connectivity index (χ1v) is 7.44. The molecular weight excluding hydrogens is 160 g/mol. The molecule has 3 heteroatoms. The third-order valence-corrected chi connectivity index (χ3v) is 8.18. The Hall–Kier alpha value is 1.01. The minimum absolute atomic E-state index is 0. The van der Waals surface area contributed by atoms with Crippen molar-refractivity contribution in [1.82, 2.24) is 0 Å². The first kappa shape index (κ1) is 12.7. The van der Waals surface area contributed by atoms with E-state index in [1.807, 2.05) is 0 Å². The van der Waals surface area contributed by atoms with Gasteiger partial charge in [-0.1, -0.05) is 0 Å². The van der Waals surface area contributed by atoms with Crippen molar-refractivity contribution in [2.24, 2.45) is 0 Å². The van der Waals surface area contributed by atoms with Crippen LogP contribution in [0.3, 0.4) is 0 Å². The molecule has 0 aliphatic heterocycles. The molecule has 0 bridgehead atoms. The monoisotopic (exact) mass is 172 g/mol. The van der Waals surface area contributed by atoms with Crippen molar-refractivity contribution in [2.75, 3.05) is 0 Å². The second-order valence-electron chi connectivity index (χ2n) is 2.91. The van der Waals surface area contributed by atoms with E-state index < -0.39 is 8.07 Å². The molecule has 0 aromatic carbocycles. The van der Waals surface area contributed by atoms with E-state index in [0.717, 1.165) is 0 Å². The fourth-order valence-corrected chi connectivity index (χ4v) is 2.09. The molecule has 0 amide bonds. The van der Waals surface area contributed by atoms with Gasteiger partial charge in [-0.25, -0.2) is 0 Å². The number of hydrogen-bond donors (Lipinski definition) is 0. The zero-order chi connectivity index (χ0) is 6.62. The van der Waals surface area contributed by atoms with Gasteiger partial charge in [0.15, 0.2) is 0 Å². The Balaban J connectivity index is 0. The summed E-state index contributed by atoms with van der Waals surface area (Å²) < 4.78 is 1.40. The molecule has 0 heterocycles. The van der Waals surface area contributed by atoms with Gasteiger partial charge in [0.2, 0.25) is 0 Å². The fraction of sp³-hybridized carbons (Fsp3) is 0.667. The second kappa shape index (κ2) is 5.77. The first-order valence-electron chi connectivity index (χ1n) is 3.02. The Morgan fingerprint density at radius 2 is 2.00 bits per heavy atom. The summed E-state index contributed by atoms with van der Waals surface area (Å²) in [5, 5.41) is 0. The summed E-state index contributed by atoms with van der Waals surface area (Å²) in [7, 11) is -0.783. The normalized spacial score (nSPS) is 10.2. The quantitative estimate of drug-likeness (QED) is 0.379. The van der Waals surface area contributed by atoms with Gasteiger partial charge in [-0.2, -0.15) is 0 Å². The fourth-order valence-electron chi connectivity index (χ4n) is 0.493. The summed E-state index contributed by atoms with van der Waals surface area (Å²) in [6.07, 6.45) is 2.06. The predicted molar refractivity (Wildman–Crippen MR) is 43.0 cm³/mol. The molecule has 50 valence electrons. The maximum absolute atomic E-state index is 3.73. The van der Waals surface area contributed by atoms with Crippen molar-refractivity contribution in [3.63, 3.8) is 0 Å². The Morgan fingerprint density at radius 3 is 2.11 bits per heavy atom. The van der Waals surface area contributed by atoms with E-state index in [1.165, 1.54) is 10.2 Å². The summed E-state index contributed by atoms with van der Waals surface area (Å²) in [5.41, 5.74) is 0. The van der Waals surface area contributed by atoms with Crippen LogP contribution < -0.4 is 12.4 Å². The smallest absolute Gasteiger partial charge is 1.00 e.